The van der Waals surface area contributed by atoms with Gasteiger partial charge in [-0.25, -0.2) is 0 Å². The lowest BCUT2D eigenvalue weighted by Gasteiger charge is -2.32. The molecular formula is C27H30F3N3O6S. The van der Waals surface area contributed by atoms with E-state index < -0.39 is 63.5 Å². The standard InChI is InChI=1S/C27H30F3N3O6S/c1-17(26(36)32-18-7-3-2-4-8-18)33(21-10-6-5-9-20(21)27(28,29)30)25(35)15-40(37)14-24(34)31-19-11-12-22-23(13-19)39-16-38-22/h5-6,9-13,17-18H,2-4,7-8,14-16H2,1H3,(H,31,34)(H,32,36)/t17-,40+/m1/s1. The molecule has 1 saturated carbocycles. The molecule has 0 radical (unpaired) electrons. The van der Waals surface area contributed by atoms with Crippen LogP contribution in [0.3, 0.4) is 0 Å². The third-order valence-electron chi connectivity index (χ3n) is 6.69. The topological polar surface area (TPSA) is 114 Å². The third kappa shape index (κ3) is 7.32. The predicted octanol–water partition coefficient (Wildman–Crippen LogP) is 3.99. The van der Waals surface area contributed by atoms with Crippen LogP contribution >= 0.6 is 0 Å². The number of alkyl halides is 3. The number of ether oxygens (including phenoxy) is 2. The molecule has 0 aromatic heterocycles. The van der Waals surface area contributed by atoms with E-state index in [2.05, 4.69) is 10.6 Å². The molecule has 2 aromatic carbocycles. The van der Waals surface area contributed by atoms with Gasteiger partial charge in [0.25, 0.3) is 0 Å². The number of para-hydroxylation sites is 1. The van der Waals surface area contributed by atoms with Gasteiger partial charge >= 0.3 is 6.18 Å². The zero-order valence-electron chi connectivity index (χ0n) is 21.8. The molecule has 0 unspecified atom stereocenters. The highest BCUT2D eigenvalue weighted by Gasteiger charge is 2.39. The number of carbonyl (C=O) groups excluding carboxylic acids is 3. The summed E-state index contributed by atoms with van der Waals surface area (Å²) in [6.07, 6.45) is -0.432. The highest BCUT2D eigenvalue weighted by molar-refractivity contribution is 7.86. The molecule has 3 amide bonds. The van der Waals surface area contributed by atoms with Gasteiger partial charge in [-0.3, -0.25) is 23.5 Å². The highest BCUT2D eigenvalue weighted by Crippen LogP contribution is 2.37. The number of amides is 3. The molecule has 1 heterocycles. The Morgan fingerprint density at radius 1 is 1.02 bits per heavy atom. The van der Waals surface area contributed by atoms with Crippen molar-refractivity contribution >= 4 is 39.9 Å². The Balaban J connectivity index is 1.48. The van der Waals surface area contributed by atoms with Crippen molar-refractivity contribution in [2.45, 2.75) is 57.3 Å². The fraction of sp³-hybridized carbons (Fsp3) is 0.444. The quantitative estimate of drug-likeness (QED) is 0.463. The van der Waals surface area contributed by atoms with Crippen molar-refractivity contribution in [3.8, 4) is 11.5 Å². The predicted molar refractivity (Wildman–Crippen MR) is 142 cm³/mol. The maximum Gasteiger partial charge on any atom is 0.418 e. The largest absolute Gasteiger partial charge is 0.454 e. The first-order valence-corrected chi connectivity index (χ1v) is 14.3. The maximum absolute atomic E-state index is 13.9. The lowest BCUT2D eigenvalue weighted by molar-refractivity contribution is -0.137. The molecule has 2 atom stereocenters. The molecular weight excluding hydrogens is 551 g/mol. The summed E-state index contributed by atoms with van der Waals surface area (Å²) in [4.78, 5) is 39.7. The van der Waals surface area contributed by atoms with Gasteiger partial charge in [-0.15, -0.1) is 0 Å². The lowest BCUT2D eigenvalue weighted by Crippen LogP contribution is -2.52. The van der Waals surface area contributed by atoms with Crippen molar-refractivity contribution in [2.75, 3.05) is 28.5 Å². The van der Waals surface area contributed by atoms with Crippen molar-refractivity contribution in [1.82, 2.24) is 5.32 Å². The van der Waals surface area contributed by atoms with Gasteiger partial charge in [0.15, 0.2) is 11.5 Å². The third-order valence-corrected chi connectivity index (χ3v) is 7.84. The fourth-order valence-corrected chi connectivity index (χ4v) is 5.63. The van der Waals surface area contributed by atoms with E-state index in [0.717, 1.165) is 49.1 Å². The van der Waals surface area contributed by atoms with Gasteiger partial charge in [-0.05, 0) is 44.0 Å². The molecule has 0 saturated heterocycles. The molecule has 0 spiro atoms. The number of hydrogen-bond acceptors (Lipinski definition) is 6. The summed E-state index contributed by atoms with van der Waals surface area (Å²) in [6.45, 7) is 1.38. The van der Waals surface area contributed by atoms with Crippen molar-refractivity contribution in [1.29, 1.82) is 0 Å². The van der Waals surface area contributed by atoms with Gasteiger partial charge in [0, 0.05) is 28.6 Å². The van der Waals surface area contributed by atoms with Gasteiger partial charge in [0.2, 0.25) is 24.5 Å². The number of nitrogens with zero attached hydrogens (tertiary/aromatic N) is 1. The number of benzene rings is 2. The van der Waals surface area contributed by atoms with E-state index in [0.29, 0.717) is 17.2 Å². The number of rotatable bonds is 9. The van der Waals surface area contributed by atoms with Crippen LogP contribution < -0.4 is 25.0 Å². The minimum absolute atomic E-state index is 0.0456. The van der Waals surface area contributed by atoms with Crippen LogP contribution in [0.1, 0.15) is 44.6 Å². The van der Waals surface area contributed by atoms with E-state index in [-0.39, 0.29) is 12.8 Å². The van der Waals surface area contributed by atoms with E-state index in [1.165, 1.54) is 25.1 Å². The number of anilines is 2. The van der Waals surface area contributed by atoms with Crippen molar-refractivity contribution in [3.05, 3.63) is 48.0 Å². The summed E-state index contributed by atoms with van der Waals surface area (Å²) >= 11 is 0. The first-order chi connectivity index (χ1) is 19.0. The average molecular weight is 582 g/mol. The van der Waals surface area contributed by atoms with E-state index in [1.54, 1.807) is 12.1 Å². The van der Waals surface area contributed by atoms with Crippen LogP contribution in [0.25, 0.3) is 0 Å². The van der Waals surface area contributed by atoms with Crippen LogP contribution in [0, 0.1) is 0 Å². The Labute approximate surface area is 231 Å². The smallest absolute Gasteiger partial charge is 0.418 e. The van der Waals surface area contributed by atoms with Gasteiger partial charge in [0.05, 0.1) is 11.3 Å². The number of nitrogens with one attached hydrogen (secondary N) is 2. The van der Waals surface area contributed by atoms with Crippen LogP contribution in [-0.2, 0) is 31.4 Å². The molecule has 1 fully saturated rings. The van der Waals surface area contributed by atoms with Crippen molar-refractivity contribution in [2.24, 2.45) is 0 Å². The van der Waals surface area contributed by atoms with E-state index in [9.17, 15) is 31.8 Å². The molecule has 9 nitrogen and oxygen atoms in total. The van der Waals surface area contributed by atoms with Crippen LogP contribution in [0.15, 0.2) is 42.5 Å². The van der Waals surface area contributed by atoms with Gasteiger partial charge in [0.1, 0.15) is 17.5 Å². The highest BCUT2D eigenvalue weighted by atomic mass is 32.2. The Morgan fingerprint density at radius 2 is 1.73 bits per heavy atom. The lowest BCUT2D eigenvalue weighted by atomic mass is 9.95. The van der Waals surface area contributed by atoms with Crippen LogP contribution in [0.5, 0.6) is 11.5 Å². The van der Waals surface area contributed by atoms with E-state index >= 15 is 0 Å². The molecule has 40 heavy (non-hydrogen) atoms. The Bertz CT molecular complexity index is 1280. The molecule has 2 aliphatic rings. The molecule has 13 heteroatoms. The minimum Gasteiger partial charge on any atom is -0.454 e. The van der Waals surface area contributed by atoms with E-state index in [4.69, 9.17) is 9.47 Å². The summed E-state index contributed by atoms with van der Waals surface area (Å²) in [5.74, 6) is -2.67. The monoisotopic (exact) mass is 581 g/mol. The second kappa shape index (κ2) is 12.7. The summed E-state index contributed by atoms with van der Waals surface area (Å²) < 4.78 is 64.9. The molecule has 216 valence electrons. The fourth-order valence-electron chi connectivity index (χ4n) is 4.74. The molecule has 0 bridgehead atoms. The second-order valence-corrected chi connectivity index (χ2v) is 11.1. The Hall–Kier alpha value is -3.61. The average Bonchev–Trinajstić information content (AvgIpc) is 3.37. The van der Waals surface area contributed by atoms with Gasteiger partial charge in [-0.2, -0.15) is 13.2 Å². The molecule has 1 aliphatic heterocycles. The SMILES string of the molecule is C[C@H](C(=O)NC1CCCCC1)N(C(=O)C[S@@](=O)CC(=O)Nc1ccc2c(c1)OCO2)c1ccccc1C(F)(F)F. The van der Waals surface area contributed by atoms with Crippen LogP contribution in [0.2, 0.25) is 0 Å². The minimum atomic E-state index is -4.81. The first kappa shape index (κ1) is 29.4. The van der Waals surface area contributed by atoms with Crippen LogP contribution in [-0.4, -0.2) is 52.3 Å². The van der Waals surface area contributed by atoms with Crippen LogP contribution in [0.4, 0.5) is 24.5 Å². The number of carbonyl (C=O) groups is 3. The summed E-state index contributed by atoms with van der Waals surface area (Å²) in [5, 5.41) is 5.39. The van der Waals surface area contributed by atoms with E-state index in [1.807, 2.05) is 0 Å². The number of halogens is 3. The molecule has 4 rings (SSSR count). The maximum atomic E-state index is 13.9. The summed E-state index contributed by atoms with van der Waals surface area (Å²) in [7, 11) is -2.08. The summed E-state index contributed by atoms with van der Waals surface area (Å²) in [6, 6.07) is 7.64. The number of hydrogen-bond donors (Lipinski definition) is 2. The molecule has 1 aliphatic carbocycles. The molecule has 2 N–H and O–H groups in total. The van der Waals surface area contributed by atoms with Gasteiger partial charge in [-0.1, -0.05) is 31.4 Å². The first-order valence-electron chi connectivity index (χ1n) is 12.9. The Morgan fingerprint density at radius 3 is 2.45 bits per heavy atom. The van der Waals surface area contributed by atoms with Crippen molar-refractivity contribution < 1.29 is 41.2 Å². The van der Waals surface area contributed by atoms with Crippen molar-refractivity contribution in [3.63, 3.8) is 0 Å². The summed E-state index contributed by atoms with van der Waals surface area (Å²) in [5.41, 5.74) is -1.27. The number of fused-ring (bicyclic) bond motifs is 1. The second-order valence-electron chi connectivity index (χ2n) is 9.64. The Kier molecular flexibility index (Phi) is 9.33. The zero-order chi connectivity index (χ0) is 28.9. The zero-order valence-corrected chi connectivity index (χ0v) is 22.6. The normalized spacial score (nSPS) is 16.6. The molecule has 2 aromatic rings. The van der Waals surface area contributed by atoms with Gasteiger partial charge < -0.3 is 20.1 Å².